The smallest absolute Gasteiger partial charge is 0.438 e. The number of hydrogen-bond acceptors (Lipinski definition) is 4. The van der Waals surface area contributed by atoms with Gasteiger partial charge in [0, 0.05) is 7.05 Å². The zero-order chi connectivity index (χ0) is 8.69. The SMILES string of the molecule is CNC(=O)CCOC(=O)OC. The summed E-state index contributed by atoms with van der Waals surface area (Å²) < 4.78 is 8.61. The first-order valence-electron chi connectivity index (χ1n) is 3.12. The van der Waals surface area contributed by atoms with Gasteiger partial charge < -0.3 is 14.8 Å². The molecule has 0 aliphatic carbocycles. The first kappa shape index (κ1) is 9.74. The van der Waals surface area contributed by atoms with Gasteiger partial charge in [-0.3, -0.25) is 4.79 Å². The van der Waals surface area contributed by atoms with E-state index in [0.29, 0.717) is 0 Å². The molecular weight excluding hydrogens is 150 g/mol. The van der Waals surface area contributed by atoms with E-state index < -0.39 is 6.16 Å². The first-order valence-corrected chi connectivity index (χ1v) is 3.12. The van der Waals surface area contributed by atoms with Crippen molar-refractivity contribution in [1.29, 1.82) is 0 Å². The number of hydrogen-bond donors (Lipinski definition) is 1. The molecule has 5 nitrogen and oxygen atoms in total. The lowest BCUT2D eigenvalue weighted by Crippen LogP contribution is -2.20. The fourth-order valence-electron chi connectivity index (χ4n) is 0.411. The third kappa shape index (κ3) is 5.20. The number of amides is 1. The Kier molecular flexibility index (Phi) is 4.89. The Labute approximate surface area is 64.7 Å². The molecule has 0 heterocycles. The summed E-state index contributed by atoms with van der Waals surface area (Å²) in [6.07, 6.45) is -0.611. The maximum atomic E-state index is 10.5. The summed E-state index contributed by atoms with van der Waals surface area (Å²) in [6, 6.07) is 0. The topological polar surface area (TPSA) is 64.6 Å². The normalized spacial score (nSPS) is 8.55. The zero-order valence-corrected chi connectivity index (χ0v) is 6.55. The van der Waals surface area contributed by atoms with Gasteiger partial charge in [0.2, 0.25) is 5.91 Å². The minimum absolute atomic E-state index is 0.0480. The maximum Gasteiger partial charge on any atom is 0.507 e. The van der Waals surface area contributed by atoms with E-state index in [0.717, 1.165) is 0 Å². The van der Waals surface area contributed by atoms with Gasteiger partial charge in [-0.2, -0.15) is 0 Å². The third-order valence-corrected chi connectivity index (χ3v) is 0.995. The molecule has 0 aliphatic heterocycles. The van der Waals surface area contributed by atoms with Gasteiger partial charge in [-0.1, -0.05) is 0 Å². The lowest BCUT2D eigenvalue weighted by atomic mass is 10.4. The summed E-state index contributed by atoms with van der Waals surface area (Å²) in [5.74, 6) is -0.172. The van der Waals surface area contributed by atoms with Gasteiger partial charge in [0.05, 0.1) is 13.5 Å². The van der Waals surface area contributed by atoms with Crippen LogP contribution in [0.1, 0.15) is 6.42 Å². The van der Waals surface area contributed by atoms with Crippen LogP contribution in [0.2, 0.25) is 0 Å². The summed E-state index contributed by atoms with van der Waals surface area (Å²) in [4.78, 5) is 20.8. The molecule has 0 aromatic carbocycles. The molecule has 64 valence electrons. The van der Waals surface area contributed by atoms with Crippen molar-refractivity contribution < 1.29 is 19.1 Å². The van der Waals surface area contributed by atoms with Gasteiger partial charge in [-0.15, -0.1) is 0 Å². The third-order valence-electron chi connectivity index (χ3n) is 0.995. The highest BCUT2D eigenvalue weighted by atomic mass is 16.7. The van der Waals surface area contributed by atoms with Crippen molar-refractivity contribution in [3.8, 4) is 0 Å². The summed E-state index contributed by atoms with van der Waals surface area (Å²) >= 11 is 0. The molecule has 11 heavy (non-hydrogen) atoms. The van der Waals surface area contributed by atoms with Crippen LogP contribution in [-0.4, -0.2) is 32.8 Å². The first-order chi connectivity index (χ1) is 5.20. The molecule has 1 N–H and O–H groups in total. The summed E-state index contributed by atoms with van der Waals surface area (Å²) in [5.41, 5.74) is 0. The lowest BCUT2D eigenvalue weighted by molar-refractivity contribution is -0.121. The molecule has 0 radical (unpaired) electrons. The predicted molar refractivity (Wildman–Crippen MR) is 37.0 cm³/mol. The number of nitrogens with one attached hydrogen (secondary N) is 1. The molecule has 1 amide bonds. The van der Waals surface area contributed by atoms with Crippen molar-refractivity contribution in [3.05, 3.63) is 0 Å². The number of carbonyl (C=O) groups is 2. The van der Waals surface area contributed by atoms with Gasteiger partial charge >= 0.3 is 6.16 Å². The van der Waals surface area contributed by atoms with E-state index in [9.17, 15) is 9.59 Å². The predicted octanol–water partition coefficient (Wildman–Crippen LogP) is -0.0945. The Balaban J connectivity index is 3.27. The Hall–Kier alpha value is -1.26. The maximum absolute atomic E-state index is 10.5. The second-order valence-corrected chi connectivity index (χ2v) is 1.73. The zero-order valence-electron chi connectivity index (χ0n) is 6.55. The standard InChI is InChI=1S/C6H11NO4/c1-7-5(8)3-4-11-6(9)10-2/h3-4H2,1-2H3,(H,7,8). The van der Waals surface area contributed by atoms with Gasteiger partial charge in [-0.25, -0.2) is 4.79 Å². The minimum atomic E-state index is -0.770. The molecule has 0 saturated heterocycles. The Bertz CT molecular complexity index is 130. The number of ether oxygens (including phenoxy) is 2. The molecule has 0 fully saturated rings. The minimum Gasteiger partial charge on any atom is -0.438 e. The van der Waals surface area contributed by atoms with Crippen LogP contribution in [0, 0.1) is 0 Å². The highest BCUT2D eigenvalue weighted by molar-refractivity contribution is 5.75. The van der Waals surface area contributed by atoms with Crippen LogP contribution in [0.4, 0.5) is 4.79 Å². The van der Waals surface area contributed by atoms with Crippen LogP contribution in [0.3, 0.4) is 0 Å². The quantitative estimate of drug-likeness (QED) is 0.587. The van der Waals surface area contributed by atoms with Crippen molar-refractivity contribution >= 4 is 12.1 Å². The molecule has 0 aromatic heterocycles. The number of methoxy groups -OCH3 is 1. The fourth-order valence-corrected chi connectivity index (χ4v) is 0.411. The van der Waals surface area contributed by atoms with E-state index in [1.165, 1.54) is 14.2 Å². The summed E-state index contributed by atoms with van der Waals surface area (Å²) in [5, 5.41) is 2.39. The highest BCUT2D eigenvalue weighted by Gasteiger charge is 2.02. The van der Waals surface area contributed by atoms with Gasteiger partial charge in [0.15, 0.2) is 0 Å². The van der Waals surface area contributed by atoms with E-state index in [-0.39, 0.29) is 18.9 Å². The average Bonchev–Trinajstić information content (AvgIpc) is 2.04. The summed E-state index contributed by atoms with van der Waals surface area (Å²) in [6.45, 7) is 0.0480. The van der Waals surface area contributed by atoms with Crippen LogP contribution < -0.4 is 5.32 Å². The van der Waals surface area contributed by atoms with Crippen molar-refractivity contribution in [1.82, 2.24) is 5.32 Å². The van der Waals surface area contributed by atoms with Crippen molar-refractivity contribution in [2.24, 2.45) is 0 Å². The van der Waals surface area contributed by atoms with Gasteiger partial charge in [-0.05, 0) is 0 Å². The molecule has 0 aromatic rings. The fraction of sp³-hybridized carbons (Fsp3) is 0.667. The Morgan fingerprint density at radius 2 is 2.09 bits per heavy atom. The van der Waals surface area contributed by atoms with Gasteiger partial charge in [0.1, 0.15) is 6.61 Å². The summed E-state index contributed by atoms with van der Waals surface area (Å²) in [7, 11) is 2.72. The molecule has 0 spiro atoms. The monoisotopic (exact) mass is 161 g/mol. The van der Waals surface area contributed by atoms with Crippen molar-refractivity contribution in [3.63, 3.8) is 0 Å². The lowest BCUT2D eigenvalue weighted by Gasteiger charge is -2.01. The van der Waals surface area contributed by atoms with Crippen LogP contribution in [0.25, 0.3) is 0 Å². The van der Waals surface area contributed by atoms with Gasteiger partial charge in [0.25, 0.3) is 0 Å². The van der Waals surface area contributed by atoms with Crippen LogP contribution in [0.5, 0.6) is 0 Å². The molecule has 0 bridgehead atoms. The van der Waals surface area contributed by atoms with Crippen molar-refractivity contribution in [2.45, 2.75) is 6.42 Å². The van der Waals surface area contributed by atoms with E-state index in [4.69, 9.17) is 0 Å². The molecule has 0 saturated carbocycles. The van der Waals surface area contributed by atoms with Crippen LogP contribution in [-0.2, 0) is 14.3 Å². The Morgan fingerprint density at radius 3 is 2.55 bits per heavy atom. The van der Waals surface area contributed by atoms with Crippen LogP contribution >= 0.6 is 0 Å². The Morgan fingerprint density at radius 1 is 1.45 bits per heavy atom. The number of rotatable bonds is 3. The van der Waals surface area contributed by atoms with E-state index in [2.05, 4.69) is 14.8 Å². The van der Waals surface area contributed by atoms with E-state index in [1.54, 1.807) is 0 Å². The molecular formula is C6H11NO4. The molecule has 0 unspecified atom stereocenters. The molecule has 0 atom stereocenters. The van der Waals surface area contributed by atoms with Crippen LogP contribution in [0.15, 0.2) is 0 Å². The molecule has 0 aliphatic rings. The second-order valence-electron chi connectivity index (χ2n) is 1.73. The van der Waals surface area contributed by atoms with E-state index in [1.807, 2.05) is 0 Å². The molecule has 0 rings (SSSR count). The second kappa shape index (κ2) is 5.52. The largest absolute Gasteiger partial charge is 0.507 e. The number of carbonyl (C=O) groups excluding carboxylic acids is 2. The highest BCUT2D eigenvalue weighted by Crippen LogP contribution is 1.85. The average molecular weight is 161 g/mol. The van der Waals surface area contributed by atoms with E-state index >= 15 is 0 Å². The molecule has 5 heteroatoms. The van der Waals surface area contributed by atoms with Crippen molar-refractivity contribution in [2.75, 3.05) is 20.8 Å².